The third kappa shape index (κ3) is 3.01. The molecule has 0 atom stereocenters. The number of hydrogen-bond donors (Lipinski definition) is 0. The maximum absolute atomic E-state index is 13.6. The van der Waals surface area contributed by atoms with Gasteiger partial charge in [-0.1, -0.05) is 6.07 Å². The zero-order valence-corrected chi connectivity index (χ0v) is 10.8. The molecule has 0 radical (unpaired) electrons. The Bertz CT molecular complexity index is 459. The summed E-state index contributed by atoms with van der Waals surface area (Å²) in [5.74, 6) is -0.783. The summed E-state index contributed by atoms with van der Waals surface area (Å²) in [7, 11) is 0. The van der Waals surface area contributed by atoms with Crippen molar-refractivity contribution in [1.82, 2.24) is 0 Å². The van der Waals surface area contributed by atoms with Gasteiger partial charge >= 0.3 is 5.69 Å². The molecule has 1 saturated heterocycles. The van der Waals surface area contributed by atoms with Gasteiger partial charge in [0.05, 0.1) is 11.0 Å². The number of rotatable bonds is 4. The van der Waals surface area contributed by atoms with E-state index in [1.807, 2.05) is 11.8 Å². The summed E-state index contributed by atoms with van der Waals surface area (Å²) >= 11 is 0. The molecule has 0 N–H and O–H groups in total. The van der Waals surface area contributed by atoms with Crippen LogP contribution in [0.1, 0.15) is 19.8 Å². The normalized spacial score (nSPS) is 16.6. The second-order valence-corrected chi connectivity index (χ2v) is 4.51. The third-order valence-corrected chi connectivity index (χ3v) is 3.33. The highest BCUT2D eigenvalue weighted by atomic mass is 19.1. The van der Waals surface area contributed by atoms with Crippen LogP contribution < -0.4 is 4.90 Å². The van der Waals surface area contributed by atoms with Gasteiger partial charge < -0.3 is 9.64 Å². The van der Waals surface area contributed by atoms with Crippen molar-refractivity contribution in [3.05, 3.63) is 34.1 Å². The second-order valence-electron chi connectivity index (χ2n) is 4.51. The molecule has 1 heterocycles. The highest BCUT2D eigenvalue weighted by Gasteiger charge is 2.27. The first kappa shape index (κ1) is 13.7. The van der Waals surface area contributed by atoms with Gasteiger partial charge in [0.2, 0.25) is 5.82 Å². The van der Waals surface area contributed by atoms with E-state index in [2.05, 4.69) is 0 Å². The van der Waals surface area contributed by atoms with Crippen molar-refractivity contribution in [2.75, 3.05) is 24.6 Å². The maximum Gasteiger partial charge on any atom is 0.327 e. The predicted molar refractivity (Wildman–Crippen MR) is 69.9 cm³/mol. The van der Waals surface area contributed by atoms with E-state index in [9.17, 15) is 14.5 Å². The maximum atomic E-state index is 13.6. The summed E-state index contributed by atoms with van der Waals surface area (Å²) in [6.07, 6.45) is 1.82. The number of anilines is 1. The summed E-state index contributed by atoms with van der Waals surface area (Å²) in [4.78, 5) is 12.2. The Morgan fingerprint density at radius 2 is 2.16 bits per heavy atom. The summed E-state index contributed by atoms with van der Waals surface area (Å²) in [5, 5.41) is 11.0. The zero-order valence-electron chi connectivity index (χ0n) is 10.8. The van der Waals surface area contributed by atoms with Gasteiger partial charge in [-0.25, -0.2) is 0 Å². The molecule has 104 valence electrons. The number of nitrogens with zero attached hydrogens (tertiary/aromatic N) is 2. The largest absolute Gasteiger partial charge is 0.378 e. The van der Waals surface area contributed by atoms with E-state index in [1.165, 1.54) is 6.07 Å². The number of ether oxygens (including phenoxy) is 1. The minimum Gasteiger partial charge on any atom is -0.378 e. The molecule has 1 aromatic carbocycles. The third-order valence-electron chi connectivity index (χ3n) is 3.33. The lowest BCUT2D eigenvalue weighted by Gasteiger charge is -2.33. The molecule has 19 heavy (non-hydrogen) atoms. The molecule has 2 rings (SSSR count). The number of para-hydroxylation sites is 1. The SMILES string of the molecule is CCOC1CCN(c2cccc(F)c2[N+](=O)[O-])CC1. The highest BCUT2D eigenvalue weighted by Crippen LogP contribution is 2.32. The first-order valence-corrected chi connectivity index (χ1v) is 6.43. The van der Waals surface area contributed by atoms with E-state index >= 15 is 0 Å². The first-order chi connectivity index (χ1) is 9.13. The van der Waals surface area contributed by atoms with Gasteiger partial charge in [0.1, 0.15) is 5.69 Å². The number of halogens is 1. The molecule has 5 nitrogen and oxygen atoms in total. The predicted octanol–water partition coefficient (Wildman–Crippen LogP) is 2.74. The number of hydrogen-bond acceptors (Lipinski definition) is 4. The van der Waals surface area contributed by atoms with Crippen molar-refractivity contribution in [3.8, 4) is 0 Å². The molecule has 1 fully saturated rings. The van der Waals surface area contributed by atoms with E-state index in [0.29, 0.717) is 25.4 Å². The van der Waals surface area contributed by atoms with Crippen LogP contribution in [0.2, 0.25) is 0 Å². The van der Waals surface area contributed by atoms with Gasteiger partial charge in [0, 0.05) is 19.7 Å². The highest BCUT2D eigenvalue weighted by molar-refractivity contribution is 5.64. The average molecular weight is 268 g/mol. The van der Waals surface area contributed by atoms with Crippen molar-refractivity contribution in [3.63, 3.8) is 0 Å². The van der Waals surface area contributed by atoms with Crippen LogP contribution >= 0.6 is 0 Å². The van der Waals surface area contributed by atoms with E-state index < -0.39 is 16.4 Å². The van der Waals surface area contributed by atoms with Crippen LogP contribution in [0.4, 0.5) is 15.8 Å². The molecule has 0 amide bonds. The molecule has 1 aliphatic heterocycles. The quantitative estimate of drug-likeness (QED) is 0.622. The summed E-state index contributed by atoms with van der Waals surface area (Å²) in [6, 6.07) is 4.23. The van der Waals surface area contributed by atoms with Crippen LogP contribution in [0.15, 0.2) is 18.2 Å². The fourth-order valence-corrected chi connectivity index (χ4v) is 2.44. The molecule has 0 aromatic heterocycles. The van der Waals surface area contributed by atoms with Crippen LogP contribution in [0, 0.1) is 15.9 Å². The van der Waals surface area contributed by atoms with Gasteiger partial charge in [-0.05, 0) is 31.9 Å². The van der Waals surface area contributed by atoms with E-state index in [0.717, 1.165) is 18.9 Å². The Balaban J connectivity index is 2.15. The molecule has 0 spiro atoms. The van der Waals surface area contributed by atoms with Gasteiger partial charge in [0.25, 0.3) is 0 Å². The number of nitro benzene ring substituents is 1. The van der Waals surface area contributed by atoms with Crippen LogP contribution in [-0.2, 0) is 4.74 Å². The van der Waals surface area contributed by atoms with Crippen LogP contribution in [0.3, 0.4) is 0 Å². The minimum atomic E-state index is -0.783. The van der Waals surface area contributed by atoms with Crippen molar-refractivity contribution in [1.29, 1.82) is 0 Å². The van der Waals surface area contributed by atoms with Crippen molar-refractivity contribution in [2.24, 2.45) is 0 Å². The van der Waals surface area contributed by atoms with E-state index in [1.54, 1.807) is 6.07 Å². The fraction of sp³-hybridized carbons (Fsp3) is 0.538. The summed E-state index contributed by atoms with van der Waals surface area (Å²) in [6.45, 7) is 3.92. The molecule has 0 aliphatic carbocycles. The van der Waals surface area contributed by atoms with Gasteiger partial charge in [-0.3, -0.25) is 10.1 Å². The Morgan fingerprint density at radius 1 is 1.47 bits per heavy atom. The molecule has 1 aromatic rings. The Kier molecular flexibility index (Phi) is 4.31. The Morgan fingerprint density at radius 3 is 2.74 bits per heavy atom. The number of benzene rings is 1. The Hall–Kier alpha value is -1.69. The van der Waals surface area contributed by atoms with Crippen molar-refractivity contribution in [2.45, 2.75) is 25.9 Å². The monoisotopic (exact) mass is 268 g/mol. The van der Waals surface area contributed by atoms with Crippen LogP contribution in [0.5, 0.6) is 0 Å². The van der Waals surface area contributed by atoms with Gasteiger partial charge in [0.15, 0.2) is 0 Å². The molecule has 1 aliphatic rings. The first-order valence-electron chi connectivity index (χ1n) is 6.43. The average Bonchev–Trinajstić information content (AvgIpc) is 2.39. The number of nitro groups is 1. The lowest BCUT2D eigenvalue weighted by molar-refractivity contribution is -0.386. The minimum absolute atomic E-state index is 0.203. The van der Waals surface area contributed by atoms with E-state index in [-0.39, 0.29) is 6.10 Å². The van der Waals surface area contributed by atoms with Crippen LogP contribution in [0.25, 0.3) is 0 Å². The smallest absolute Gasteiger partial charge is 0.327 e. The lowest BCUT2D eigenvalue weighted by Crippen LogP contribution is -2.37. The topological polar surface area (TPSA) is 55.6 Å². The lowest BCUT2D eigenvalue weighted by atomic mass is 10.1. The summed E-state index contributed by atoms with van der Waals surface area (Å²) in [5.41, 5.74) is -0.0719. The fourth-order valence-electron chi connectivity index (χ4n) is 2.44. The zero-order chi connectivity index (χ0) is 13.8. The second kappa shape index (κ2) is 5.97. The summed E-state index contributed by atoms with van der Waals surface area (Å²) < 4.78 is 19.1. The van der Waals surface area contributed by atoms with Crippen LogP contribution in [-0.4, -0.2) is 30.7 Å². The molecule has 0 unspecified atom stereocenters. The Labute approximate surface area is 111 Å². The van der Waals surface area contributed by atoms with Crippen molar-refractivity contribution < 1.29 is 14.1 Å². The molecular formula is C13H17FN2O3. The molecule has 0 saturated carbocycles. The molecule has 0 bridgehead atoms. The number of piperidine rings is 1. The van der Waals surface area contributed by atoms with E-state index in [4.69, 9.17) is 4.74 Å². The standard InChI is InChI=1S/C13H17FN2O3/c1-2-19-10-6-8-15(9-7-10)12-5-3-4-11(14)13(12)16(17)18/h3-5,10H,2,6-9H2,1H3. The molecular weight excluding hydrogens is 251 g/mol. The molecule has 6 heteroatoms. The van der Waals surface area contributed by atoms with Crippen molar-refractivity contribution >= 4 is 11.4 Å². The van der Waals surface area contributed by atoms with Gasteiger partial charge in [-0.2, -0.15) is 4.39 Å². The van der Waals surface area contributed by atoms with Gasteiger partial charge in [-0.15, -0.1) is 0 Å².